The van der Waals surface area contributed by atoms with Crippen LogP contribution in [0, 0.1) is 12.7 Å². The Morgan fingerprint density at radius 2 is 1.33 bits per heavy atom. The number of aryl methyl sites for hydroxylation is 2. The molecular formula is C31H21FNO3+. The number of fused-ring (bicyclic) bond motifs is 5. The molecule has 36 heavy (non-hydrogen) atoms. The van der Waals surface area contributed by atoms with Crippen LogP contribution in [0.4, 0.5) is 4.39 Å². The number of rotatable bonds is 2. The zero-order chi connectivity index (χ0) is 24.4. The first-order valence-corrected chi connectivity index (χ1v) is 11.8. The molecule has 1 aliphatic rings. The van der Waals surface area contributed by atoms with E-state index in [4.69, 9.17) is 13.9 Å². The van der Waals surface area contributed by atoms with Crippen molar-refractivity contribution in [2.45, 2.75) is 6.92 Å². The minimum absolute atomic E-state index is 0.359. The number of hydrogen-bond acceptors (Lipinski definition) is 3. The summed E-state index contributed by atoms with van der Waals surface area (Å²) < 4.78 is 36.1. The number of furan rings is 1. The third kappa shape index (κ3) is 3.02. The molecular weight excluding hydrogens is 453 g/mol. The molecule has 0 fully saturated rings. The number of halogens is 1. The van der Waals surface area contributed by atoms with Crippen LogP contribution in [-0.4, -0.2) is 0 Å². The highest BCUT2D eigenvalue weighted by Gasteiger charge is 2.24. The minimum atomic E-state index is -0.359. The largest absolute Gasteiger partial charge is 0.454 e. The average Bonchev–Trinajstić information content (AvgIpc) is 3.26. The molecule has 4 aromatic carbocycles. The van der Waals surface area contributed by atoms with E-state index in [1.807, 2.05) is 61.8 Å². The van der Waals surface area contributed by atoms with Crippen LogP contribution in [0.2, 0.25) is 0 Å². The smallest absolute Gasteiger partial charge is 0.216 e. The summed E-state index contributed by atoms with van der Waals surface area (Å²) in [5, 5.41) is 1.81. The van der Waals surface area contributed by atoms with E-state index in [2.05, 4.69) is 23.6 Å². The van der Waals surface area contributed by atoms with E-state index >= 15 is 4.39 Å². The summed E-state index contributed by atoms with van der Waals surface area (Å²) in [6, 6.07) is 26.4. The lowest BCUT2D eigenvalue weighted by Crippen LogP contribution is -2.30. The van der Waals surface area contributed by atoms with Crippen LogP contribution in [0.5, 0.6) is 23.0 Å². The molecule has 5 heteroatoms. The van der Waals surface area contributed by atoms with Gasteiger partial charge in [-0.3, -0.25) is 0 Å². The highest BCUT2D eigenvalue weighted by molar-refractivity contribution is 6.13. The summed E-state index contributed by atoms with van der Waals surface area (Å²) in [4.78, 5) is 0. The van der Waals surface area contributed by atoms with Crippen molar-refractivity contribution >= 4 is 21.9 Å². The Labute approximate surface area is 206 Å². The second-order valence-electron chi connectivity index (χ2n) is 9.04. The van der Waals surface area contributed by atoms with Crippen molar-refractivity contribution < 1.29 is 22.8 Å². The number of pyridine rings is 1. The SMILES string of the molecule is Cc1ccc2c(oc3c(-c4ccc5c(c4)Oc4ccccc4O5)c(F)ccc32)c1-c1cccc[n+]1C. The van der Waals surface area contributed by atoms with Crippen LogP contribution in [0.3, 0.4) is 0 Å². The van der Waals surface area contributed by atoms with Crippen molar-refractivity contribution in [3.8, 4) is 45.4 Å². The molecule has 0 N–H and O–H groups in total. The molecule has 0 unspecified atom stereocenters. The van der Waals surface area contributed by atoms with Gasteiger partial charge < -0.3 is 13.9 Å². The Kier molecular flexibility index (Phi) is 4.42. The van der Waals surface area contributed by atoms with Crippen molar-refractivity contribution in [2.75, 3.05) is 0 Å². The molecule has 0 aliphatic carbocycles. The first-order valence-electron chi connectivity index (χ1n) is 11.8. The Bertz CT molecular complexity index is 1840. The molecule has 0 atom stereocenters. The van der Waals surface area contributed by atoms with Gasteiger partial charge in [0.15, 0.2) is 29.2 Å². The van der Waals surface area contributed by atoms with E-state index in [0.717, 1.165) is 33.2 Å². The number of para-hydroxylation sites is 2. The number of nitrogens with zero attached hydrogens (tertiary/aromatic N) is 1. The van der Waals surface area contributed by atoms with Crippen molar-refractivity contribution in [3.05, 3.63) is 103 Å². The van der Waals surface area contributed by atoms with E-state index in [0.29, 0.717) is 39.7 Å². The summed E-state index contributed by atoms with van der Waals surface area (Å²) in [7, 11) is 2.01. The lowest BCUT2D eigenvalue weighted by atomic mass is 9.98. The molecule has 174 valence electrons. The van der Waals surface area contributed by atoms with Gasteiger partial charge in [0.25, 0.3) is 0 Å². The maximum absolute atomic E-state index is 15.4. The van der Waals surface area contributed by atoms with E-state index in [1.165, 1.54) is 6.07 Å². The Morgan fingerprint density at radius 1 is 0.667 bits per heavy atom. The zero-order valence-electron chi connectivity index (χ0n) is 19.7. The van der Waals surface area contributed by atoms with E-state index in [9.17, 15) is 0 Å². The molecule has 4 nitrogen and oxygen atoms in total. The van der Waals surface area contributed by atoms with Crippen molar-refractivity contribution in [1.82, 2.24) is 0 Å². The van der Waals surface area contributed by atoms with Gasteiger partial charge in [0, 0.05) is 22.9 Å². The third-order valence-corrected chi connectivity index (χ3v) is 6.80. The lowest BCUT2D eigenvalue weighted by Gasteiger charge is -2.21. The van der Waals surface area contributed by atoms with Crippen molar-refractivity contribution in [3.63, 3.8) is 0 Å². The van der Waals surface area contributed by atoms with Gasteiger partial charge in [0.2, 0.25) is 5.69 Å². The van der Waals surface area contributed by atoms with Gasteiger partial charge in [0.1, 0.15) is 24.0 Å². The molecule has 0 bridgehead atoms. The van der Waals surface area contributed by atoms with E-state index < -0.39 is 0 Å². The standard InChI is InChI=1S/C31H21FNO3/c1-18-10-12-20-21-13-14-22(32)29(31(21)36-30(20)28(18)23-7-5-6-16-33(23)2)19-11-15-26-27(17-19)35-25-9-4-3-8-24(25)34-26/h3-17H,1-2H3/q+1. The molecule has 7 rings (SSSR count). The highest BCUT2D eigenvalue weighted by Crippen LogP contribution is 2.48. The average molecular weight is 475 g/mol. The fourth-order valence-corrected chi connectivity index (χ4v) is 5.03. The topological polar surface area (TPSA) is 35.5 Å². The number of ether oxygens (including phenoxy) is 2. The summed E-state index contributed by atoms with van der Waals surface area (Å²) in [6.07, 6.45) is 2.01. The number of hydrogen-bond donors (Lipinski definition) is 0. The van der Waals surface area contributed by atoms with E-state index in [-0.39, 0.29) is 5.82 Å². The molecule has 0 radical (unpaired) electrons. The summed E-state index contributed by atoms with van der Waals surface area (Å²) in [5.41, 5.74) is 5.41. The van der Waals surface area contributed by atoms with Crippen LogP contribution < -0.4 is 14.0 Å². The second kappa shape index (κ2) is 7.68. The molecule has 0 spiro atoms. The summed E-state index contributed by atoms with van der Waals surface area (Å²) in [6.45, 7) is 2.06. The van der Waals surface area contributed by atoms with Crippen LogP contribution >= 0.6 is 0 Å². The first kappa shape index (κ1) is 20.7. The van der Waals surface area contributed by atoms with Crippen molar-refractivity contribution in [1.29, 1.82) is 0 Å². The molecule has 0 amide bonds. The molecule has 2 aromatic heterocycles. The number of aromatic nitrogens is 1. The molecule has 3 heterocycles. The monoisotopic (exact) mass is 474 g/mol. The van der Waals surface area contributed by atoms with Gasteiger partial charge >= 0.3 is 0 Å². The van der Waals surface area contributed by atoms with E-state index in [1.54, 1.807) is 18.2 Å². The Hall–Kier alpha value is -4.64. The van der Waals surface area contributed by atoms with Gasteiger partial charge in [-0.2, -0.15) is 0 Å². The lowest BCUT2D eigenvalue weighted by molar-refractivity contribution is -0.660. The normalized spacial score (nSPS) is 12.2. The fourth-order valence-electron chi connectivity index (χ4n) is 5.03. The predicted molar refractivity (Wildman–Crippen MR) is 137 cm³/mol. The van der Waals surface area contributed by atoms with Gasteiger partial charge in [-0.25, -0.2) is 8.96 Å². The van der Waals surface area contributed by atoms with Crippen LogP contribution in [0.25, 0.3) is 44.3 Å². The van der Waals surface area contributed by atoms with Crippen molar-refractivity contribution in [2.24, 2.45) is 7.05 Å². The highest BCUT2D eigenvalue weighted by atomic mass is 19.1. The zero-order valence-corrected chi connectivity index (χ0v) is 19.7. The van der Waals surface area contributed by atoms with Gasteiger partial charge in [-0.1, -0.05) is 30.3 Å². The predicted octanol–water partition coefficient (Wildman–Crippen LogP) is 8.09. The molecule has 0 saturated carbocycles. The maximum atomic E-state index is 15.4. The van der Waals surface area contributed by atoms with Crippen LogP contribution in [0.1, 0.15) is 5.56 Å². The summed E-state index contributed by atoms with van der Waals surface area (Å²) in [5.74, 6) is 2.04. The minimum Gasteiger partial charge on any atom is -0.454 e. The quantitative estimate of drug-likeness (QED) is 0.238. The molecule has 1 aliphatic heterocycles. The number of benzene rings is 4. The van der Waals surface area contributed by atoms with Gasteiger partial charge in [-0.15, -0.1) is 0 Å². The maximum Gasteiger partial charge on any atom is 0.216 e. The first-order chi connectivity index (χ1) is 17.6. The third-order valence-electron chi connectivity index (χ3n) is 6.80. The molecule has 0 saturated heterocycles. The Morgan fingerprint density at radius 3 is 2.11 bits per heavy atom. The fraction of sp³-hybridized carbons (Fsp3) is 0.0645. The van der Waals surface area contributed by atoms with Gasteiger partial charge in [-0.05, 0) is 60.5 Å². The van der Waals surface area contributed by atoms with Gasteiger partial charge in [0.05, 0.1) is 11.1 Å². The molecule has 6 aromatic rings. The second-order valence-corrected chi connectivity index (χ2v) is 9.04. The summed E-state index contributed by atoms with van der Waals surface area (Å²) >= 11 is 0. The Balaban J connectivity index is 1.46. The van der Waals surface area contributed by atoms with Crippen LogP contribution in [0.15, 0.2) is 95.5 Å². The van der Waals surface area contributed by atoms with Crippen LogP contribution in [-0.2, 0) is 7.05 Å².